The number of ketones is 1. The third-order valence-electron chi connectivity index (χ3n) is 1.93. The highest BCUT2D eigenvalue weighted by Gasteiger charge is 2.21. The van der Waals surface area contributed by atoms with E-state index in [0.717, 1.165) is 0 Å². The highest BCUT2D eigenvalue weighted by Crippen LogP contribution is 2.24. The fraction of sp³-hybridized carbons (Fsp3) is 0.100. The fourth-order valence-corrected chi connectivity index (χ4v) is 1.36. The lowest BCUT2D eigenvalue weighted by Gasteiger charge is -1.97. The molecule has 0 radical (unpaired) electrons. The fourth-order valence-electron chi connectivity index (χ4n) is 1.19. The molecule has 5 heteroatoms. The number of aromatic nitrogens is 1. The topological polar surface area (TPSA) is 60.2 Å². The summed E-state index contributed by atoms with van der Waals surface area (Å²) >= 11 is 3.97. The van der Waals surface area contributed by atoms with Gasteiger partial charge in [0.2, 0.25) is 11.7 Å². The van der Waals surface area contributed by atoms with Gasteiger partial charge in [0.1, 0.15) is 10.8 Å². The van der Waals surface area contributed by atoms with Crippen molar-refractivity contribution in [1.29, 1.82) is 0 Å². The minimum absolute atomic E-state index is 0.150. The maximum absolute atomic E-state index is 11.0. The number of nitrogens with zero attached hydrogens (tertiary/aromatic N) is 1. The van der Waals surface area contributed by atoms with E-state index in [4.69, 9.17) is 4.42 Å². The van der Waals surface area contributed by atoms with Gasteiger partial charge in [0.25, 0.3) is 0 Å². The zero-order chi connectivity index (χ0) is 10.8. The van der Waals surface area contributed by atoms with Gasteiger partial charge in [0, 0.05) is 0 Å². The molecule has 0 bridgehead atoms. The quantitative estimate of drug-likeness (QED) is 0.485. The van der Waals surface area contributed by atoms with E-state index in [-0.39, 0.29) is 12.2 Å². The third-order valence-corrected chi connectivity index (χ3v) is 2.41. The van der Waals surface area contributed by atoms with Gasteiger partial charge in [-0.1, -0.05) is 12.1 Å². The molecule has 1 unspecified atom stereocenters. The molecule has 0 aliphatic rings. The van der Waals surface area contributed by atoms with Crippen molar-refractivity contribution in [3.63, 3.8) is 0 Å². The molecule has 4 nitrogen and oxygen atoms in total. The molecule has 76 valence electrons. The Labute approximate surface area is 90.7 Å². The lowest BCUT2D eigenvalue weighted by molar-refractivity contribution is -0.129. The predicted octanol–water partition coefficient (Wildman–Crippen LogP) is 1.57. The molecule has 1 heterocycles. The van der Waals surface area contributed by atoms with E-state index in [9.17, 15) is 9.59 Å². The normalized spacial score (nSPS) is 12.6. The summed E-state index contributed by atoms with van der Waals surface area (Å²) in [7, 11) is 0. The SMILES string of the molecule is O=CC(=O)C(S)c1nc2ccccc2o1. The maximum Gasteiger partial charge on any atom is 0.217 e. The second-order valence-electron chi connectivity index (χ2n) is 2.94. The first kappa shape index (κ1) is 9.92. The molecule has 2 aromatic rings. The number of Topliss-reactive ketones (excluding diaryl/α,β-unsaturated/α-hetero) is 1. The van der Waals surface area contributed by atoms with Crippen molar-refractivity contribution in [1.82, 2.24) is 4.98 Å². The number of carbonyl (C=O) groups is 2. The van der Waals surface area contributed by atoms with Gasteiger partial charge in [-0.2, -0.15) is 12.6 Å². The summed E-state index contributed by atoms with van der Waals surface area (Å²) in [5, 5.41) is -0.921. The molecule has 0 saturated heterocycles. The van der Waals surface area contributed by atoms with Crippen LogP contribution >= 0.6 is 12.6 Å². The van der Waals surface area contributed by atoms with Crippen LogP contribution in [0, 0.1) is 0 Å². The minimum Gasteiger partial charge on any atom is -0.439 e. The molecule has 1 atom stereocenters. The van der Waals surface area contributed by atoms with E-state index in [2.05, 4.69) is 17.6 Å². The monoisotopic (exact) mass is 221 g/mol. The number of hydrogen-bond donors (Lipinski definition) is 1. The van der Waals surface area contributed by atoms with Gasteiger partial charge in [-0.05, 0) is 12.1 Å². The smallest absolute Gasteiger partial charge is 0.217 e. The summed E-state index contributed by atoms with van der Waals surface area (Å²) < 4.78 is 5.29. The zero-order valence-electron chi connectivity index (χ0n) is 7.58. The van der Waals surface area contributed by atoms with Gasteiger partial charge in [0.15, 0.2) is 11.9 Å². The summed E-state index contributed by atoms with van der Waals surface area (Å²) in [6.07, 6.45) is 0.215. The van der Waals surface area contributed by atoms with Crippen molar-refractivity contribution in [3.8, 4) is 0 Å². The minimum atomic E-state index is -0.921. The number of benzene rings is 1. The Morgan fingerprint density at radius 2 is 2.20 bits per heavy atom. The Morgan fingerprint density at radius 1 is 1.47 bits per heavy atom. The Balaban J connectivity index is 2.44. The van der Waals surface area contributed by atoms with Crippen LogP contribution < -0.4 is 0 Å². The number of thiol groups is 1. The van der Waals surface area contributed by atoms with Crippen molar-refractivity contribution in [3.05, 3.63) is 30.2 Å². The highest BCUT2D eigenvalue weighted by atomic mass is 32.1. The summed E-state index contributed by atoms with van der Waals surface area (Å²) in [5.41, 5.74) is 1.22. The van der Waals surface area contributed by atoms with Crippen molar-refractivity contribution in [2.75, 3.05) is 0 Å². The zero-order valence-corrected chi connectivity index (χ0v) is 8.48. The molecule has 0 spiro atoms. The first-order valence-electron chi connectivity index (χ1n) is 4.25. The highest BCUT2D eigenvalue weighted by molar-refractivity contribution is 7.81. The van der Waals surface area contributed by atoms with E-state index < -0.39 is 11.0 Å². The third kappa shape index (κ3) is 1.78. The molecule has 0 aliphatic heterocycles. The summed E-state index contributed by atoms with van der Waals surface area (Å²) in [6.45, 7) is 0. The Kier molecular flexibility index (Phi) is 2.55. The number of fused-ring (bicyclic) bond motifs is 1. The van der Waals surface area contributed by atoms with Crippen LogP contribution in [0.5, 0.6) is 0 Å². The number of rotatable bonds is 3. The molecule has 0 amide bonds. The molecular weight excluding hydrogens is 214 g/mol. The first-order chi connectivity index (χ1) is 7.22. The van der Waals surface area contributed by atoms with Gasteiger partial charge in [-0.3, -0.25) is 9.59 Å². The first-order valence-corrected chi connectivity index (χ1v) is 4.76. The van der Waals surface area contributed by atoms with Crippen LogP contribution in [0.2, 0.25) is 0 Å². The Hall–Kier alpha value is -1.62. The van der Waals surface area contributed by atoms with Crippen LogP contribution in [0.25, 0.3) is 11.1 Å². The Morgan fingerprint density at radius 3 is 2.87 bits per heavy atom. The molecule has 15 heavy (non-hydrogen) atoms. The molecule has 0 saturated carbocycles. The molecule has 0 N–H and O–H groups in total. The van der Waals surface area contributed by atoms with Gasteiger partial charge in [-0.25, -0.2) is 4.98 Å². The molecular formula is C10H7NO3S. The summed E-state index contributed by atoms with van der Waals surface area (Å²) in [6, 6.07) is 7.10. The average molecular weight is 221 g/mol. The summed E-state index contributed by atoms with van der Waals surface area (Å²) in [4.78, 5) is 25.4. The molecule has 2 rings (SSSR count). The van der Waals surface area contributed by atoms with E-state index in [0.29, 0.717) is 11.1 Å². The van der Waals surface area contributed by atoms with Crippen LogP contribution in [0.3, 0.4) is 0 Å². The number of aldehydes is 1. The van der Waals surface area contributed by atoms with E-state index in [1.165, 1.54) is 0 Å². The van der Waals surface area contributed by atoms with Crippen LogP contribution in [-0.2, 0) is 9.59 Å². The average Bonchev–Trinajstić information content (AvgIpc) is 2.70. The number of carbonyl (C=O) groups excluding carboxylic acids is 2. The molecule has 1 aromatic carbocycles. The van der Waals surface area contributed by atoms with Crippen LogP contribution in [0.15, 0.2) is 28.7 Å². The lowest BCUT2D eigenvalue weighted by Crippen LogP contribution is -2.07. The van der Waals surface area contributed by atoms with E-state index >= 15 is 0 Å². The van der Waals surface area contributed by atoms with E-state index in [1.54, 1.807) is 18.2 Å². The van der Waals surface area contributed by atoms with Gasteiger partial charge in [0.05, 0.1) is 0 Å². The van der Waals surface area contributed by atoms with Crippen molar-refractivity contribution in [2.24, 2.45) is 0 Å². The van der Waals surface area contributed by atoms with Crippen molar-refractivity contribution < 1.29 is 14.0 Å². The van der Waals surface area contributed by atoms with Crippen LogP contribution in [-0.4, -0.2) is 17.1 Å². The van der Waals surface area contributed by atoms with Gasteiger partial charge >= 0.3 is 0 Å². The lowest BCUT2D eigenvalue weighted by atomic mass is 10.3. The number of oxazole rings is 1. The second kappa shape index (κ2) is 3.86. The van der Waals surface area contributed by atoms with Crippen LogP contribution in [0.1, 0.15) is 11.1 Å². The molecule has 1 aromatic heterocycles. The van der Waals surface area contributed by atoms with Crippen LogP contribution in [0.4, 0.5) is 0 Å². The van der Waals surface area contributed by atoms with Gasteiger partial charge < -0.3 is 4.42 Å². The second-order valence-corrected chi connectivity index (χ2v) is 3.46. The Bertz CT molecular complexity index is 487. The predicted molar refractivity (Wildman–Crippen MR) is 56.8 cm³/mol. The molecule has 0 fully saturated rings. The number of para-hydroxylation sites is 2. The van der Waals surface area contributed by atoms with Gasteiger partial charge in [-0.15, -0.1) is 0 Å². The molecule has 0 aliphatic carbocycles. The standard InChI is InChI=1S/C10H7NO3S/c12-5-7(13)9(15)10-11-6-3-1-2-4-8(6)14-10/h1-5,9,15H. The maximum atomic E-state index is 11.0. The van der Waals surface area contributed by atoms with E-state index in [1.807, 2.05) is 6.07 Å². The van der Waals surface area contributed by atoms with Crippen molar-refractivity contribution in [2.45, 2.75) is 5.25 Å². The largest absolute Gasteiger partial charge is 0.439 e. The summed E-state index contributed by atoms with van der Waals surface area (Å²) in [5.74, 6) is -0.512. The number of hydrogen-bond acceptors (Lipinski definition) is 5. The van der Waals surface area contributed by atoms with Crippen molar-refractivity contribution >= 4 is 35.8 Å².